The van der Waals surface area contributed by atoms with E-state index >= 15 is 0 Å². The van der Waals surface area contributed by atoms with E-state index in [1.165, 1.54) is 16.9 Å². The molecule has 0 aliphatic rings. The van der Waals surface area contributed by atoms with Crippen LogP contribution in [0.25, 0.3) is 0 Å². The molecule has 0 saturated carbocycles. The molecule has 23 heavy (non-hydrogen) atoms. The number of thiophene rings is 1. The van der Waals surface area contributed by atoms with Crippen LogP contribution in [0.4, 0.5) is 0 Å². The largest absolute Gasteiger partial charge is 0.279 e. The van der Waals surface area contributed by atoms with Crippen molar-refractivity contribution in [1.82, 2.24) is 10.9 Å². The number of hydrogen-bond donors (Lipinski definition) is 2. The molecule has 0 fully saturated rings. The van der Waals surface area contributed by atoms with E-state index in [0.717, 1.165) is 16.6 Å². The standard InChI is InChI=1S/C17H19BrN2O2S/c1-12(7-8-13-5-3-2-4-6-13)11-16(21)19-20-17(22)14-9-10-15(18)23-14/h2-6,9-10,12H,7-8,11H2,1H3,(H,19,21)(H,20,22). The van der Waals surface area contributed by atoms with Crippen LogP contribution in [0.5, 0.6) is 0 Å². The summed E-state index contributed by atoms with van der Waals surface area (Å²) in [5, 5.41) is 0. The molecule has 1 aromatic heterocycles. The van der Waals surface area contributed by atoms with Crippen LogP contribution in [-0.4, -0.2) is 11.8 Å². The number of halogens is 1. The van der Waals surface area contributed by atoms with Crippen molar-refractivity contribution in [2.75, 3.05) is 0 Å². The fourth-order valence-electron chi connectivity index (χ4n) is 2.15. The van der Waals surface area contributed by atoms with E-state index in [0.29, 0.717) is 11.3 Å². The van der Waals surface area contributed by atoms with Crippen LogP contribution in [0, 0.1) is 5.92 Å². The Hall–Kier alpha value is -1.66. The topological polar surface area (TPSA) is 58.2 Å². The minimum absolute atomic E-state index is 0.172. The third-order valence-electron chi connectivity index (χ3n) is 3.41. The summed E-state index contributed by atoms with van der Waals surface area (Å²) in [4.78, 5) is 24.2. The number of carbonyl (C=O) groups is 2. The lowest BCUT2D eigenvalue weighted by Gasteiger charge is -2.12. The molecule has 0 bridgehead atoms. The number of carbonyl (C=O) groups excluding carboxylic acids is 2. The summed E-state index contributed by atoms with van der Waals surface area (Å²) in [5.74, 6) is -0.219. The smallest absolute Gasteiger partial charge is 0.273 e. The second kappa shape index (κ2) is 8.84. The molecular formula is C17H19BrN2O2S. The molecule has 2 aromatic rings. The second-order valence-electron chi connectivity index (χ2n) is 5.44. The minimum atomic E-state index is -0.300. The zero-order chi connectivity index (χ0) is 16.7. The van der Waals surface area contributed by atoms with E-state index in [1.807, 2.05) is 25.1 Å². The summed E-state index contributed by atoms with van der Waals surface area (Å²) in [7, 11) is 0. The van der Waals surface area contributed by atoms with E-state index in [1.54, 1.807) is 12.1 Å². The SMILES string of the molecule is CC(CCc1ccccc1)CC(=O)NNC(=O)c1ccc(Br)s1. The van der Waals surface area contributed by atoms with Crippen LogP contribution < -0.4 is 10.9 Å². The molecule has 1 atom stereocenters. The number of aryl methyl sites for hydroxylation is 1. The number of hydrogen-bond acceptors (Lipinski definition) is 3. The van der Waals surface area contributed by atoms with Crippen molar-refractivity contribution in [3.05, 3.63) is 56.7 Å². The van der Waals surface area contributed by atoms with Crippen LogP contribution in [0.15, 0.2) is 46.3 Å². The quantitative estimate of drug-likeness (QED) is 0.729. The zero-order valence-electron chi connectivity index (χ0n) is 12.8. The highest BCUT2D eigenvalue weighted by atomic mass is 79.9. The van der Waals surface area contributed by atoms with Gasteiger partial charge in [-0.3, -0.25) is 20.4 Å². The molecule has 0 saturated heterocycles. The maximum absolute atomic E-state index is 11.9. The van der Waals surface area contributed by atoms with Crippen molar-refractivity contribution in [3.8, 4) is 0 Å². The fraction of sp³-hybridized carbons (Fsp3) is 0.294. The first-order valence-electron chi connectivity index (χ1n) is 7.43. The molecule has 1 unspecified atom stereocenters. The lowest BCUT2D eigenvalue weighted by atomic mass is 9.98. The molecule has 0 spiro atoms. The first kappa shape index (κ1) is 17.7. The van der Waals surface area contributed by atoms with Gasteiger partial charge in [0.05, 0.1) is 8.66 Å². The number of amides is 2. The summed E-state index contributed by atoms with van der Waals surface area (Å²) >= 11 is 4.62. The first-order valence-corrected chi connectivity index (χ1v) is 9.04. The van der Waals surface area contributed by atoms with Gasteiger partial charge in [0, 0.05) is 6.42 Å². The molecule has 122 valence electrons. The van der Waals surface area contributed by atoms with Crippen LogP contribution in [0.1, 0.15) is 35.0 Å². The summed E-state index contributed by atoms with van der Waals surface area (Å²) < 4.78 is 0.878. The molecule has 0 radical (unpaired) electrons. The minimum Gasteiger partial charge on any atom is -0.273 e. The van der Waals surface area contributed by atoms with E-state index in [9.17, 15) is 9.59 Å². The Morgan fingerprint density at radius 2 is 1.87 bits per heavy atom. The van der Waals surface area contributed by atoms with E-state index in [2.05, 4.69) is 38.9 Å². The first-order chi connectivity index (χ1) is 11.0. The van der Waals surface area contributed by atoms with E-state index < -0.39 is 0 Å². The van der Waals surface area contributed by atoms with Crippen molar-refractivity contribution in [2.24, 2.45) is 5.92 Å². The normalized spacial score (nSPS) is 11.7. The van der Waals surface area contributed by atoms with Gasteiger partial charge in [-0.25, -0.2) is 0 Å². The van der Waals surface area contributed by atoms with Gasteiger partial charge in [0.25, 0.3) is 5.91 Å². The van der Waals surface area contributed by atoms with Gasteiger partial charge in [0.1, 0.15) is 0 Å². The maximum atomic E-state index is 11.9. The Bertz CT molecular complexity index is 658. The summed E-state index contributed by atoms with van der Waals surface area (Å²) in [6, 6.07) is 13.7. The van der Waals surface area contributed by atoms with Gasteiger partial charge in [0.15, 0.2) is 0 Å². The van der Waals surface area contributed by atoms with Crippen LogP contribution >= 0.6 is 27.3 Å². The Labute approximate surface area is 148 Å². The van der Waals surface area contributed by atoms with Crippen LogP contribution in [-0.2, 0) is 11.2 Å². The third kappa shape index (κ3) is 6.15. The van der Waals surface area contributed by atoms with Gasteiger partial charge >= 0.3 is 0 Å². The Morgan fingerprint density at radius 1 is 1.13 bits per heavy atom. The fourth-order valence-corrected chi connectivity index (χ4v) is 3.43. The summed E-state index contributed by atoms with van der Waals surface area (Å²) in [6.07, 6.45) is 2.27. The van der Waals surface area contributed by atoms with E-state index in [4.69, 9.17) is 0 Å². The van der Waals surface area contributed by atoms with Gasteiger partial charge in [-0.2, -0.15) is 0 Å². The number of hydrazine groups is 1. The van der Waals surface area contributed by atoms with Crippen molar-refractivity contribution in [3.63, 3.8) is 0 Å². The van der Waals surface area contributed by atoms with Crippen molar-refractivity contribution >= 4 is 39.1 Å². The van der Waals surface area contributed by atoms with Gasteiger partial charge in [0.2, 0.25) is 5.91 Å². The summed E-state index contributed by atoms with van der Waals surface area (Å²) in [5.41, 5.74) is 6.19. The highest BCUT2D eigenvalue weighted by Gasteiger charge is 2.12. The highest BCUT2D eigenvalue weighted by Crippen LogP contribution is 2.21. The number of benzene rings is 1. The van der Waals surface area contributed by atoms with Gasteiger partial charge in [-0.05, 0) is 52.4 Å². The predicted molar refractivity (Wildman–Crippen MR) is 96.2 cm³/mol. The average molecular weight is 395 g/mol. The monoisotopic (exact) mass is 394 g/mol. The Kier molecular flexibility index (Phi) is 6.80. The Balaban J connectivity index is 1.68. The molecule has 0 aliphatic heterocycles. The second-order valence-corrected chi connectivity index (χ2v) is 7.90. The molecule has 4 nitrogen and oxygen atoms in total. The van der Waals surface area contributed by atoms with Crippen molar-refractivity contribution < 1.29 is 9.59 Å². The molecule has 0 aliphatic carbocycles. The van der Waals surface area contributed by atoms with Crippen LogP contribution in [0.3, 0.4) is 0 Å². The lowest BCUT2D eigenvalue weighted by molar-refractivity contribution is -0.122. The van der Waals surface area contributed by atoms with Gasteiger partial charge in [-0.1, -0.05) is 37.3 Å². The third-order valence-corrected chi connectivity index (χ3v) is 5.04. The highest BCUT2D eigenvalue weighted by molar-refractivity contribution is 9.11. The molecule has 1 heterocycles. The lowest BCUT2D eigenvalue weighted by Crippen LogP contribution is -2.41. The van der Waals surface area contributed by atoms with Crippen molar-refractivity contribution in [2.45, 2.75) is 26.2 Å². The number of rotatable bonds is 6. The average Bonchev–Trinajstić information content (AvgIpc) is 2.98. The van der Waals surface area contributed by atoms with Gasteiger partial charge < -0.3 is 0 Å². The maximum Gasteiger partial charge on any atom is 0.279 e. The van der Waals surface area contributed by atoms with Gasteiger partial charge in [-0.15, -0.1) is 11.3 Å². The molecule has 6 heteroatoms. The predicted octanol–water partition coefficient (Wildman–Crippen LogP) is 3.93. The molecule has 1 aromatic carbocycles. The molecule has 2 amide bonds. The molecule has 2 N–H and O–H groups in total. The van der Waals surface area contributed by atoms with E-state index in [-0.39, 0.29) is 17.7 Å². The zero-order valence-corrected chi connectivity index (χ0v) is 15.2. The molecule has 2 rings (SSSR count). The Morgan fingerprint density at radius 3 is 2.52 bits per heavy atom. The molecular weight excluding hydrogens is 376 g/mol. The summed E-state index contributed by atoms with van der Waals surface area (Å²) in [6.45, 7) is 2.04. The van der Waals surface area contributed by atoms with Crippen LogP contribution in [0.2, 0.25) is 0 Å². The van der Waals surface area contributed by atoms with Crippen molar-refractivity contribution in [1.29, 1.82) is 0 Å². The number of nitrogens with one attached hydrogen (secondary N) is 2.